The highest BCUT2D eigenvalue weighted by Crippen LogP contribution is 2.46. The molecule has 3 aromatic carbocycles. The maximum atomic E-state index is 11.6. The van der Waals surface area contributed by atoms with Gasteiger partial charge in [0.2, 0.25) is 0 Å². The first-order chi connectivity index (χ1) is 14.7. The number of benzene rings is 3. The minimum absolute atomic E-state index is 0.161. The molecule has 1 fully saturated rings. The highest BCUT2D eigenvalue weighted by Gasteiger charge is 2.40. The molecule has 2 N–H and O–H groups in total. The van der Waals surface area contributed by atoms with Gasteiger partial charge in [-0.1, -0.05) is 60.3 Å². The lowest BCUT2D eigenvalue weighted by Gasteiger charge is -2.27. The second-order valence-corrected chi connectivity index (χ2v) is 9.21. The van der Waals surface area contributed by atoms with Gasteiger partial charge >= 0.3 is 0 Å². The van der Waals surface area contributed by atoms with E-state index in [1.807, 2.05) is 42.5 Å². The normalized spacial score (nSPS) is 22.4. The summed E-state index contributed by atoms with van der Waals surface area (Å²) >= 11 is 1.69. The van der Waals surface area contributed by atoms with Crippen LogP contribution in [0.3, 0.4) is 0 Å². The van der Waals surface area contributed by atoms with Crippen molar-refractivity contribution in [3.8, 4) is 11.4 Å². The smallest absolute Gasteiger partial charge is 0.163 e. The van der Waals surface area contributed by atoms with Crippen molar-refractivity contribution >= 4 is 28.5 Å². The molecule has 30 heavy (non-hydrogen) atoms. The number of para-hydroxylation sites is 1. The van der Waals surface area contributed by atoms with Crippen LogP contribution in [0.25, 0.3) is 22.3 Å². The van der Waals surface area contributed by atoms with E-state index in [1.165, 1.54) is 0 Å². The highest BCUT2D eigenvalue weighted by molar-refractivity contribution is 7.99. The van der Waals surface area contributed by atoms with Crippen molar-refractivity contribution in [2.75, 3.05) is 5.32 Å². The summed E-state index contributed by atoms with van der Waals surface area (Å²) in [4.78, 5) is 12.0. The van der Waals surface area contributed by atoms with Crippen molar-refractivity contribution in [3.63, 3.8) is 0 Å². The molecule has 4 aromatic rings. The van der Waals surface area contributed by atoms with E-state index in [2.05, 4.69) is 35.6 Å². The Morgan fingerprint density at radius 1 is 0.900 bits per heavy atom. The van der Waals surface area contributed by atoms with Crippen molar-refractivity contribution in [2.24, 2.45) is 0 Å². The Balaban J connectivity index is 1.63. The molecule has 1 saturated carbocycles. The maximum absolute atomic E-state index is 11.6. The first-order valence-electron chi connectivity index (χ1n) is 10.3. The number of aromatic nitrogens is 2. The molecular weight excluding hydrogens is 390 g/mol. The molecule has 148 valence electrons. The third kappa shape index (κ3) is 2.89. The van der Waals surface area contributed by atoms with Gasteiger partial charge < -0.3 is 10.4 Å². The number of aliphatic hydroxyl groups is 1. The van der Waals surface area contributed by atoms with Gasteiger partial charge in [-0.2, -0.15) is 0 Å². The van der Waals surface area contributed by atoms with Gasteiger partial charge in [-0.3, -0.25) is 0 Å². The van der Waals surface area contributed by atoms with Gasteiger partial charge in [0.25, 0.3) is 0 Å². The third-order valence-electron chi connectivity index (χ3n) is 6.17. The SMILES string of the molecule is OC12CCC(C1)Nc1nc(nc3ccccc13)-c1ccccc1Sc1ccccc12. The molecule has 1 aliphatic carbocycles. The van der Waals surface area contributed by atoms with Crippen LogP contribution in [0.2, 0.25) is 0 Å². The van der Waals surface area contributed by atoms with Gasteiger partial charge in [0.05, 0.1) is 11.1 Å². The Hall–Kier alpha value is -2.89. The molecule has 2 heterocycles. The quantitative estimate of drug-likeness (QED) is 0.394. The zero-order valence-electron chi connectivity index (χ0n) is 16.4. The molecule has 2 unspecified atom stereocenters. The summed E-state index contributed by atoms with van der Waals surface area (Å²) in [7, 11) is 0. The topological polar surface area (TPSA) is 58.0 Å². The summed E-state index contributed by atoms with van der Waals surface area (Å²) < 4.78 is 0. The Morgan fingerprint density at radius 2 is 1.67 bits per heavy atom. The number of anilines is 1. The molecule has 2 aliphatic rings. The van der Waals surface area contributed by atoms with Crippen LogP contribution in [0.4, 0.5) is 5.82 Å². The summed E-state index contributed by atoms with van der Waals surface area (Å²) in [5.74, 6) is 1.57. The standard InChI is InChI=1S/C25H21N3OS/c29-25-14-13-16(15-25)26-23-17-7-1-4-10-20(17)27-24(28-23)18-8-2-5-11-21(18)30-22-12-6-3-9-19(22)25/h1-12,16,29H,13-15H2,(H,26,27,28). The average molecular weight is 412 g/mol. The van der Waals surface area contributed by atoms with E-state index in [-0.39, 0.29) is 6.04 Å². The largest absolute Gasteiger partial charge is 0.385 e. The number of nitrogens with one attached hydrogen (secondary N) is 1. The molecule has 4 nitrogen and oxygen atoms in total. The summed E-state index contributed by atoms with van der Waals surface area (Å²) in [6.45, 7) is 0. The summed E-state index contributed by atoms with van der Waals surface area (Å²) in [6, 6.07) is 24.8. The van der Waals surface area contributed by atoms with Crippen molar-refractivity contribution in [1.29, 1.82) is 0 Å². The van der Waals surface area contributed by atoms with Crippen LogP contribution < -0.4 is 5.32 Å². The van der Waals surface area contributed by atoms with E-state index in [1.54, 1.807) is 11.8 Å². The Morgan fingerprint density at radius 3 is 2.60 bits per heavy atom. The zero-order valence-corrected chi connectivity index (χ0v) is 17.2. The third-order valence-corrected chi connectivity index (χ3v) is 7.32. The monoisotopic (exact) mass is 411 g/mol. The number of nitrogens with zero attached hydrogens (tertiary/aromatic N) is 2. The molecule has 2 atom stereocenters. The predicted octanol–water partition coefficient (Wildman–Crippen LogP) is 5.61. The van der Waals surface area contributed by atoms with Gasteiger partial charge in [-0.05, 0) is 42.7 Å². The second-order valence-electron chi connectivity index (χ2n) is 8.12. The van der Waals surface area contributed by atoms with Crippen LogP contribution in [-0.2, 0) is 5.60 Å². The Kier molecular flexibility index (Phi) is 4.08. The van der Waals surface area contributed by atoms with E-state index in [9.17, 15) is 5.11 Å². The molecule has 0 amide bonds. The van der Waals surface area contributed by atoms with E-state index in [4.69, 9.17) is 9.97 Å². The predicted molar refractivity (Wildman–Crippen MR) is 121 cm³/mol. The van der Waals surface area contributed by atoms with Gasteiger partial charge in [0, 0.05) is 33.2 Å². The molecule has 0 saturated heterocycles. The van der Waals surface area contributed by atoms with E-state index >= 15 is 0 Å². The average Bonchev–Trinajstić information content (AvgIpc) is 3.15. The first-order valence-corrected chi connectivity index (χ1v) is 11.1. The lowest BCUT2D eigenvalue weighted by atomic mass is 9.92. The summed E-state index contributed by atoms with van der Waals surface area (Å²) in [6.07, 6.45) is 2.30. The maximum Gasteiger partial charge on any atom is 0.163 e. The number of hydrogen-bond donors (Lipinski definition) is 2. The lowest BCUT2D eigenvalue weighted by molar-refractivity contribution is 0.0409. The molecule has 5 heteroatoms. The molecule has 1 aromatic heterocycles. The minimum Gasteiger partial charge on any atom is -0.385 e. The zero-order chi connectivity index (χ0) is 20.1. The summed E-state index contributed by atoms with van der Waals surface area (Å²) in [5.41, 5.74) is 2.12. The van der Waals surface area contributed by atoms with Crippen LogP contribution in [0.5, 0.6) is 0 Å². The summed E-state index contributed by atoms with van der Waals surface area (Å²) in [5, 5.41) is 16.3. The second kappa shape index (κ2) is 6.83. The van der Waals surface area contributed by atoms with Gasteiger partial charge in [-0.15, -0.1) is 0 Å². The van der Waals surface area contributed by atoms with Crippen molar-refractivity contribution in [1.82, 2.24) is 9.97 Å². The van der Waals surface area contributed by atoms with Crippen LogP contribution in [-0.4, -0.2) is 21.1 Å². The molecule has 4 bridgehead atoms. The number of rotatable bonds is 0. The van der Waals surface area contributed by atoms with E-state index < -0.39 is 5.60 Å². The van der Waals surface area contributed by atoms with Gasteiger partial charge in [0.1, 0.15) is 5.82 Å². The molecule has 0 radical (unpaired) electrons. The lowest BCUT2D eigenvalue weighted by Crippen LogP contribution is -2.26. The van der Waals surface area contributed by atoms with Crippen LogP contribution in [0.1, 0.15) is 24.8 Å². The van der Waals surface area contributed by atoms with Crippen LogP contribution >= 0.6 is 11.8 Å². The highest BCUT2D eigenvalue weighted by atomic mass is 32.2. The first kappa shape index (κ1) is 17.9. The van der Waals surface area contributed by atoms with Crippen LogP contribution in [0, 0.1) is 0 Å². The molecular formula is C25H21N3OS. The van der Waals surface area contributed by atoms with Crippen molar-refractivity contribution in [2.45, 2.75) is 40.7 Å². The van der Waals surface area contributed by atoms with Gasteiger partial charge in [-0.25, -0.2) is 9.97 Å². The molecule has 1 aliphatic heterocycles. The fraction of sp³-hybridized carbons (Fsp3) is 0.200. The van der Waals surface area contributed by atoms with Crippen molar-refractivity contribution < 1.29 is 5.11 Å². The van der Waals surface area contributed by atoms with E-state index in [0.717, 1.165) is 56.3 Å². The fourth-order valence-corrected chi connectivity index (χ4v) is 5.86. The van der Waals surface area contributed by atoms with Gasteiger partial charge in [0.15, 0.2) is 5.82 Å². The Labute approximate surface area is 179 Å². The van der Waals surface area contributed by atoms with Crippen molar-refractivity contribution in [3.05, 3.63) is 78.4 Å². The van der Waals surface area contributed by atoms with E-state index in [0.29, 0.717) is 6.42 Å². The van der Waals surface area contributed by atoms with Crippen LogP contribution in [0.15, 0.2) is 82.6 Å². The number of hydrogen-bond acceptors (Lipinski definition) is 5. The molecule has 0 spiro atoms. The number of fused-ring (bicyclic) bond motifs is 10. The fourth-order valence-electron chi connectivity index (χ4n) is 4.69. The Bertz CT molecular complexity index is 1270. The molecule has 6 rings (SSSR count). The minimum atomic E-state index is -0.832.